The Morgan fingerprint density at radius 2 is 1.96 bits per heavy atom. The fourth-order valence-corrected chi connectivity index (χ4v) is 4.99. The van der Waals surface area contributed by atoms with Crippen LogP contribution in [0.3, 0.4) is 0 Å². The maximum atomic E-state index is 11.6. The van der Waals surface area contributed by atoms with Crippen molar-refractivity contribution >= 4 is 17.3 Å². The fraction of sp³-hybridized carbons (Fsp3) is 0.650. The van der Waals surface area contributed by atoms with Gasteiger partial charge in [0.25, 0.3) is 5.69 Å². The first-order valence-electron chi connectivity index (χ1n) is 9.97. The normalized spacial score (nSPS) is 25.7. The largest absolute Gasteiger partial charge is 0.489 e. The SMILES string of the molecule is CC(=O)N1CCC(N2CCN3c4c(C)cc([N+](=O)[O-])cc4OC[C@]3(C)C2)CC1. The zero-order valence-electron chi connectivity index (χ0n) is 16.8. The van der Waals surface area contributed by atoms with Gasteiger partial charge in [-0.1, -0.05) is 0 Å². The summed E-state index contributed by atoms with van der Waals surface area (Å²) < 4.78 is 6.03. The highest BCUT2D eigenvalue weighted by molar-refractivity contribution is 5.73. The number of nitrogens with zero attached hydrogens (tertiary/aromatic N) is 4. The predicted molar refractivity (Wildman–Crippen MR) is 106 cm³/mol. The van der Waals surface area contributed by atoms with E-state index in [0.29, 0.717) is 18.4 Å². The van der Waals surface area contributed by atoms with E-state index in [0.717, 1.165) is 56.8 Å². The van der Waals surface area contributed by atoms with Crippen LogP contribution in [-0.2, 0) is 4.79 Å². The Morgan fingerprint density at radius 3 is 2.61 bits per heavy atom. The number of ether oxygens (including phenoxy) is 1. The van der Waals surface area contributed by atoms with Crippen molar-refractivity contribution in [3.63, 3.8) is 0 Å². The molecule has 3 aliphatic heterocycles. The second kappa shape index (κ2) is 6.92. The van der Waals surface area contributed by atoms with Crippen LogP contribution in [0.4, 0.5) is 11.4 Å². The monoisotopic (exact) mass is 388 g/mol. The zero-order valence-corrected chi connectivity index (χ0v) is 16.8. The van der Waals surface area contributed by atoms with Gasteiger partial charge >= 0.3 is 0 Å². The molecule has 0 bridgehead atoms. The first-order valence-corrected chi connectivity index (χ1v) is 9.97. The van der Waals surface area contributed by atoms with Crippen LogP contribution in [0.15, 0.2) is 12.1 Å². The van der Waals surface area contributed by atoms with Crippen LogP contribution in [0, 0.1) is 17.0 Å². The number of aryl methyl sites for hydroxylation is 1. The fourth-order valence-electron chi connectivity index (χ4n) is 4.99. The van der Waals surface area contributed by atoms with Gasteiger partial charge in [0.1, 0.15) is 12.4 Å². The lowest BCUT2D eigenvalue weighted by Gasteiger charge is -2.55. The number of carbonyl (C=O) groups is 1. The van der Waals surface area contributed by atoms with Gasteiger partial charge < -0.3 is 14.5 Å². The van der Waals surface area contributed by atoms with Crippen molar-refractivity contribution in [2.24, 2.45) is 0 Å². The Balaban J connectivity index is 1.52. The molecule has 1 aromatic carbocycles. The van der Waals surface area contributed by atoms with Gasteiger partial charge in [0.15, 0.2) is 0 Å². The summed E-state index contributed by atoms with van der Waals surface area (Å²) in [6, 6.07) is 3.68. The number of fused-ring (bicyclic) bond motifs is 3. The molecule has 1 aromatic rings. The quantitative estimate of drug-likeness (QED) is 0.571. The average Bonchev–Trinajstić information content (AvgIpc) is 2.67. The van der Waals surface area contributed by atoms with Gasteiger partial charge in [-0.15, -0.1) is 0 Å². The molecule has 0 radical (unpaired) electrons. The Morgan fingerprint density at radius 1 is 1.25 bits per heavy atom. The standard InChI is InChI=1S/C20H28N4O4/c1-14-10-17(24(26)27)11-18-19(14)23-9-8-22(12-20(23,3)13-28-18)16-4-6-21(7-5-16)15(2)25/h10-11,16H,4-9,12-13H2,1-3H3/t20-/m0/s1. The van der Waals surface area contributed by atoms with E-state index in [1.54, 1.807) is 19.1 Å². The topological polar surface area (TPSA) is 79.2 Å². The summed E-state index contributed by atoms with van der Waals surface area (Å²) in [7, 11) is 0. The number of nitro groups is 1. The minimum atomic E-state index is -0.365. The molecule has 1 amide bonds. The van der Waals surface area contributed by atoms with E-state index in [1.165, 1.54) is 0 Å². The van der Waals surface area contributed by atoms with Crippen molar-refractivity contribution in [2.45, 2.75) is 45.2 Å². The Kier molecular flexibility index (Phi) is 4.69. The number of benzene rings is 1. The summed E-state index contributed by atoms with van der Waals surface area (Å²) in [5, 5.41) is 11.2. The van der Waals surface area contributed by atoms with Gasteiger partial charge in [0.2, 0.25) is 5.91 Å². The van der Waals surface area contributed by atoms with Crippen LogP contribution in [0.1, 0.15) is 32.3 Å². The van der Waals surface area contributed by atoms with Gasteiger partial charge in [-0.2, -0.15) is 0 Å². The molecule has 0 saturated carbocycles. The van der Waals surface area contributed by atoms with E-state index in [-0.39, 0.29) is 22.1 Å². The number of piperazine rings is 1. The number of non-ortho nitro benzene ring substituents is 1. The second-order valence-electron chi connectivity index (χ2n) is 8.51. The van der Waals surface area contributed by atoms with Gasteiger partial charge in [-0.3, -0.25) is 19.8 Å². The van der Waals surface area contributed by atoms with Crippen molar-refractivity contribution in [1.29, 1.82) is 0 Å². The molecule has 3 aliphatic rings. The minimum Gasteiger partial charge on any atom is -0.489 e. The smallest absolute Gasteiger partial charge is 0.273 e. The Hall–Kier alpha value is -2.35. The molecule has 0 unspecified atom stereocenters. The Labute approximate surface area is 165 Å². The predicted octanol–water partition coefficient (Wildman–Crippen LogP) is 2.19. The molecule has 1 atom stereocenters. The lowest BCUT2D eigenvalue weighted by Crippen LogP contribution is -2.67. The number of nitro benzene ring substituents is 1. The van der Waals surface area contributed by atoms with E-state index >= 15 is 0 Å². The molecular weight excluding hydrogens is 360 g/mol. The number of anilines is 1. The first-order chi connectivity index (χ1) is 13.3. The molecule has 0 aromatic heterocycles. The molecule has 2 fully saturated rings. The van der Waals surface area contributed by atoms with Crippen LogP contribution in [0.2, 0.25) is 0 Å². The maximum Gasteiger partial charge on any atom is 0.273 e. The third-order valence-electron chi connectivity index (χ3n) is 6.50. The van der Waals surface area contributed by atoms with Gasteiger partial charge in [-0.05, 0) is 32.3 Å². The van der Waals surface area contributed by atoms with Gasteiger partial charge in [-0.25, -0.2) is 0 Å². The summed E-state index contributed by atoms with van der Waals surface area (Å²) in [6.07, 6.45) is 2.02. The molecule has 8 nitrogen and oxygen atoms in total. The maximum absolute atomic E-state index is 11.6. The highest BCUT2D eigenvalue weighted by Gasteiger charge is 2.45. The zero-order chi connectivity index (χ0) is 20.1. The van der Waals surface area contributed by atoms with Gasteiger partial charge in [0, 0.05) is 51.8 Å². The van der Waals surface area contributed by atoms with E-state index in [1.807, 2.05) is 11.8 Å². The lowest BCUT2D eigenvalue weighted by molar-refractivity contribution is -0.385. The average molecular weight is 388 g/mol. The number of amides is 1. The summed E-state index contributed by atoms with van der Waals surface area (Å²) in [4.78, 5) is 29.3. The van der Waals surface area contributed by atoms with Crippen LogP contribution >= 0.6 is 0 Å². The number of likely N-dealkylation sites (tertiary alicyclic amines) is 1. The first kappa shape index (κ1) is 19.0. The second-order valence-corrected chi connectivity index (χ2v) is 8.51. The van der Waals surface area contributed by atoms with E-state index in [9.17, 15) is 14.9 Å². The van der Waals surface area contributed by atoms with Crippen LogP contribution in [0.5, 0.6) is 5.75 Å². The molecule has 4 rings (SSSR count). The van der Waals surface area contributed by atoms with Crippen molar-refractivity contribution in [1.82, 2.24) is 9.80 Å². The molecule has 152 valence electrons. The molecule has 2 saturated heterocycles. The highest BCUT2D eigenvalue weighted by Crippen LogP contribution is 2.44. The molecule has 0 aliphatic carbocycles. The van der Waals surface area contributed by atoms with Crippen LogP contribution in [0.25, 0.3) is 0 Å². The number of rotatable bonds is 2. The van der Waals surface area contributed by atoms with Crippen molar-refractivity contribution < 1.29 is 14.5 Å². The van der Waals surface area contributed by atoms with Crippen molar-refractivity contribution in [3.05, 3.63) is 27.8 Å². The molecular formula is C20H28N4O4. The summed E-state index contributed by atoms with van der Waals surface area (Å²) in [5.74, 6) is 0.782. The summed E-state index contributed by atoms with van der Waals surface area (Å²) in [5.41, 5.74) is 1.79. The van der Waals surface area contributed by atoms with Crippen LogP contribution in [-0.4, -0.2) is 71.5 Å². The van der Waals surface area contributed by atoms with Gasteiger partial charge in [0.05, 0.1) is 22.2 Å². The third kappa shape index (κ3) is 3.19. The van der Waals surface area contributed by atoms with Crippen molar-refractivity contribution in [3.8, 4) is 5.75 Å². The molecule has 8 heteroatoms. The van der Waals surface area contributed by atoms with E-state index in [4.69, 9.17) is 4.74 Å². The minimum absolute atomic E-state index is 0.0794. The summed E-state index contributed by atoms with van der Waals surface area (Å²) >= 11 is 0. The van der Waals surface area contributed by atoms with Crippen molar-refractivity contribution in [2.75, 3.05) is 44.2 Å². The Bertz CT molecular complexity index is 806. The lowest BCUT2D eigenvalue weighted by atomic mass is 9.90. The summed E-state index contributed by atoms with van der Waals surface area (Å²) in [6.45, 7) is 10.7. The van der Waals surface area contributed by atoms with E-state index in [2.05, 4.69) is 16.7 Å². The third-order valence-corrected chi connectivity index (χ3v) is 6.50. The highest BCUT2D eigenvalue weighted by atomic mass is 16.6. The molecule has 28 heavy (non-hydrogen) atoms. The van der Waals surface area contributed by atoms with E-state index < -0.39 is 0 Å². The number of hydrogen-bond donors (Lipinski definition) is 0. The molecule has 0 spiro atoms. The molecule has 3 heterocycles. The number of piperidine rings is 1. The van der Waals surface area contributed by atoms with Crippen LogP contribution < -0.4 is 9.64 Å². The number of carbonyl (C=O) groups excluding carboxylic acids is 1. The number of hydrogen-bond acceptors (Lipinski definition) is 6. The molecule has 0 N–H and O–H groups in total.